The molecule has 13 heteroatoms. The second-order valence-corrected chi connectivity index (χ2v) is 20.5. The van der Waals surface area contributed by atoms with Gasteiger partial charge in [0.05, 0.1) is 11.0 Å². The van der Waals surface area contributed by atoms with Gasteiger partial charge in [0.15, 0.2) is 23.0 Å². The van der Waals surface area contributed by atoms with Gasteiger partial charge in [-0.25, -0.2) is 4.98 Å². The van der Waals surface area contributed by atoms with Gasteiger partial charge in [0.1, 0.15) is 56.9 Å². The van der Waals surface area contributed by atoms with Crippen LogP contribution in [0.25, 0.3) is 158 Å². The Hall–Kier alpha value is -11.6. The summed E-state index contributed by atoms with van der Waals surface area (Å²) < 4.78 is 36.5. The number of hydrogen-bond acceptors (Lipinski definition) is 11. The van der Waals surface area contributed by atoms with Crippen LogP contribution >= 0.6 is 0 Å². The SMILES string of the molecule is CC/C(=C\c1c(N)n(-c2ccc(-c3ccccn3)o2)c2ccc(-c3ccc(-c4ccccn4)o3)cc12)c1ccc2oc3ccc(-c4cnc5c(c4)c4cc(-c6ccc(-c7ccccn7)o6)ccc4n5-c4ccc(-c5ccccn5)o4)cc3c2c1. The molecule has 0 aliphatic rings. The van der Waals surface area contributed by atoms with Crippen molar-refractivity contribution >= 4 is 72.2 Å². The summed E-state index contributed by atoms with van der Waals surface area (Å²) in [5, 5.41) is 4.83. The Kier molecular flexibility index (Phi) is 11.3. The number of pyridine rings is 5. The van der Waals surface area contributed by atoms with Gasteiger partial charge in [0.25, 0.3) is 0 Å². The lowest BCUT2D eigenvalue weighted by Crippen LogP contribution is -1.99. The van der Waals surface area contributed by atoms with Crippen LogP contribution in [0.3, 0.4) is 0 Å². The molecule has 84 heavy (non-hydrogen) atoms. The number of aromatic nitrogens is 7. The van der Waals surface area contributed by atoms with Gasteiger partial charge in [-0.05, 0) is 181 Å². The summed E-state index contributed by atoms with van der Waals surface area (Å²) in [4.78, 5) is 23.3. The van der Waals surface area contributed by atoms with Crippen molar-refractivity contribution in [3.8, 4) is 91.4 Å². The zero-order valence-corrected chi connectivity index (χ0v) is 45.0. The quantitative estimate of drug-likeness (QED) is 0.124. The van der Waals surface area contributed by atoms with Crippen molar-refractivity contribution < 1.29 is 22.1 Å². The zero-order valence-electron chi connectivity index (χ0n) is 45.0. The largest absolute Gasteiger partial charge is 0.456 e. The van der Waals surface area contributed by atoms with E-state index in [-0.39, 0.29) is 0 Å². The van der Waals surface area contributed by atoms with E-state index in [9.17, 15) is 0 Å². The van der Waals surface area contributed by atoms with Crippen molar-refractivity contribution in [3.63, 3.8) is 0 Å². The van der Waals surface area contributed by atoms with Crippen LogP contribution in [0.4, 0.5) is 5.82 Å². The van der Waals surface area contributed by atoms with Gasteiger partial charge in [-0.1, -0.05) is 43.3 Å². The van der Waals surface area contributed by atoms with Crippen LogP contribution in [0.1, 0.15) is 24.5 Å². The van der Waals surface area contributed by atoms with Gasteiger partial charge in [-0.2, -0.15) is 0 Å². The van der Waals surface area contributed by atoms with Crippen LogP contribution < -0.4 is 5.73 Å². The third-order valence-corrected chi connectivity index (χ3v) is 15.6. The van der Waals surface area contributed by atoms with Crippen molar-refractivity contribution in [2.45, 2.75) is 13.3 Å². The fourth-order valence-corrected chi connectivity index (χ4v) is 11.5. The number of nitrogen functional groups attached to an aromatic ring is 1. The number of benzene rings is 4. The fourth-order valence-electron chi connectivity index (χ4n) is 11.5. The first-order chi connectivity index (χ1) is 41.5. The first-order valence-corrected chi connectivity index (χ1v) is 27.6. The lowest BCUT2D eigenvalue weighted by atomic mass is 9.97. The molecule has 400 valence electrons. The smallest absolute Gasteiger partial charge is 0.206 e. The van der Waals surface area contributed by atoms with E-state index in [2.05, 4.69) is 104 Å². The maximum atomic E-state index is 7.32. The minimum atomic E-state index is 0.530. The highest BCUT2D eigenvalue weighted by molar-refractivity contribution is 6.12. The van der Waals surface area contributed by atoms with Crippen LogP contribution in [-0.4, -0.2) is 34.1 Å². The van der Waals surface area contributed by atoms with Gasteiger partial charge in [-0.15, -0.1) is 0 Å². The lowest BCUT2D eigenvalue weighted by molar-refractivity contribution is 0.556. The Morgan fingerprint density at radius 2 is 0.881 bits per heavy atom. The molecule has 0 unspecified atom stereocenters. The Bertz CT molecular complexity index is 5200. The molecule has 16 rings (SSSR count). The van der Waals surface area contributed by atoms with Crippen LogP contribution in [0.5, 0.6) is 0 Å². The van der Waals surface area contributed by atoms with Gasteiger partial charge in [0.2, 0.25) is 11.8 Å². The lowest BCUT2D eigenvalue weighted by Gasteiger charge is -2.07. The maximum absolute atomic E-state index is 7.32. The number of nitrogens with two attached hydrogens (primary N) is 1. The Labute approximate surface area is 478 Å². The highest BCUT2D eigenvalue weighted by Crippen LogP contribution is 2.43. The Balaban J connectivity index is 0.801. The van der Waals surface area contributed by atoms with Gasteiger partial charge in [-0.3, -0.25) is 29.1 Å². The number of hydrogen-bond donors (Lipinski definition) is 1. The number of rotatable bonds is 12. The zero-order chi connectivity index (χ0) is 55.8. The molecule has 0 spiro atoms. The Morgan fingerprint density at radius 1 is 0.405 bits per heavy atom. The fraction of sp³-hybridized carbons (Fsp3) is 0.0282. The van der Waals surface area contributed by atoms with Crippen molar-refractivity contribution in [2.24, 2.45) is 0 Å². The van der Waals surface area contributed by atoms with Crippen LogP contribution in [0.2, 0.25) is 0 Å². The number of furan rings is 5. The first kappa shape index (κ1) is 48.3. The van der Waals surface area contributed by atoms with Gasteiger partial charge >= 0.3 is 0 Å². The highest BCUT2D eigenvalue weighted by Gasteiger charge is 2.23. The molecule has 0 aliphatic heterocycles. The normalized spacial score (nSPS) is 12.0. The van der Waals surface area contributed by atoms with Gasteiger partial charge < -0.3 is 27.8 Å². The van der Waals surface area contributed by atoms with Crippen LogP contribution in [-0.2, 0) is 0 Å². The predicted octanol–water partition coefficient (Wildman–Crippen LogP) is 18.2. The van der Waals surface area contributed by atoms with E-state index in [1.807, 2.05) is 144 Å². The summed E-state index contributed by atoms with van der Waals surface area (Å²) in [7, 11) is 0. The molecule has 13 nitrogen and oxygen atoms in total. The van der Waals surface area contributed by atoms with Crippen molar-refractivity contribution in [1.82, 2.24) is 34.1 Å². The first-order valence-electron chi connectivity index (χ1n) is 27.6. The third kappa shape index (κ3) is 8.20. The molecule has 12 aromatic heterocycles. The topological polar surface area (TPSA) is 166 Å². The molecule has 0 aliphatic carbocycles. The predicted molar refractivity (Wildman–Crippen MR) is 330 cm³/mol. The molecular weight excluding hydrogens is 1040 g/mol. The van der Waals surface area contributed by atoms with E-state index >= 15 is 0 Å². The van der Waals surface area contributed by atoms with Gasteiger partial charge in [0, 0.05) is 92.3 Å². The van der Waals surface area contributed by atoms with Crippen LogP contribution in [0.15, 0.2) is 253 Å². The number of nitrogens with zero attached hydrogens (tertiary/aromatic N) is 7. The standard InChI is InChI=1S/C71H46N8O5/c1-2-42(35-52-48-38-45(60-23-25-64(80-60)54-11-3-7-31-73-54)15-19-58(48)78(70(52)72)68-29-27-66(83-68)56-13-5-9-33-75-56)43-17-21-62-50(36-43)51-37-44(18-22-63(51)82-62)47-40-53-49-39-46(61-24-26-65(81-61)55-12-4-8-32-74-55)16-20-59(49)79(71(53)77-41-47)69-30-28-67(84-69)57-14-6-10-34-76-57/h3-41H,2,72H2,1H3/b42-35+. The van der Waals surface area contributed by atoms with Crippen LogP contribution in [0, 0.1) is 0 Å². The molecule has 0 atom stereocenters. The molecule has 0 saturated heterocycles. The molecule has 0 amide bonds. The van der Waals surface area contributed by atoms with Crippen molar-refractivity contribution in [1.29, 1.82) is 0 Å². The molecular formula is C71H46N8O5. The minimum Gasteiger partial charge on any atom is -0.456 e. The minimum absolute atomic E-state index is 0.530. The maximum Gasteiger partial charge on any atom is 0.206 e. The Morgan fingerprint density at radius 3 is 1.45 bits per heavy atom. The molecule has 12 heterocycles. The molecule has 0 radical (unpaired) electrons. The van der Waals surface area contributed by atoms with Crippen molar-refractivity contribution in [3.05, 3.63) is 242 Å². The summed E-state index contributed by atoms with van der Waals surface area (Å²) in [6, 6.07) is 66.3. The second kappa shape index (κ2) is 19.6. The van der Waals surface area contributed by atoms with E-state index < -0.39 is 0 Å². The van der Waals surface area contributed by atoms with E-state index in [0.29, 0.717) is 52.8 Å². The van der Waals surface area contributed by atoms with E-state index in [0.717, 1.165) is 122 Å². The third-order valence-electron chi connectivity index (χ3n) is 15.6. The summed E-state index contributed by atoms with van der Waals surface area (Å²) >= 11 is 0. The molecule has 0 fully saturated rings. The summed E-state index contributed by atoms with van der Waals surface area (Å²) in [6.07, 6.45) is 11.9. The highest BCUT2D eigenvalue weighted by atomic mass is 16.4. The molecule has 4 aromatic carbocycles. The molecule has 0 bridgehead atoms. The average Bonchev–Trinajstić information content (AvgIpc) is 4.59. The molecule has 16 aromatic rings. The molecule has 2 N–H and O–H groups in total. The summed E-state index contributed by atoms with van der Waals surface area (Å²) in [6.45, 7) is 2.17. The van der Waals surface area contributed by atoms with E-state index in [1.54, 1.807) is 24.8 Å². The summed E-state index contributed by atoms with van der Waals surface area (Å²) in [5.74, 6) is 5.83. The number of anilines is 1. The monoisotopic (exact) mass is 1090 g/mol. The summed E-state index contributed by atoms with van der Waals surface area (Å²) in [5.41, 5.74) is 21.1. The average molecular weight is 1090 g/mol. The van der Waals surface area contributed by atoms with Crippen molar-refractivity contribution in [2.75, 3.05) is 5.73 Å². The van der Waals surface area contributed by atoms with E-state index in [4.69, 9.17) is 32.8 Å². The number of fused-ring (bicyclic) bond motifs is 7. The van der Waals surface area contributed by atoms with E-state index in [1.165, 1.54) is 0 Å². The number of allylic oxidation sites excluding steroid dienone is 1. The molecule has 0 saturated carbocycles. The second-order valence-electron chi connectivity index (χ2n) is 20.5.